The Morgan fingerprint density at radius 3 is 2.57 bits per heavy atom. The Kier molecular flexibility index (Phi) is 2.84. The highest BCUT2D eigenvalue weighted by Crippen LogP contribution is 2.22. The summed E-state index contributed by atoms with van der Waals surface area (Å²) in [6.45, 7) is 0.348. The van der Waals surface area contributed by atoms with Crippen molar-refractivity contribution in [3.63, 3.8) is 0 Å². The Bertz CT molecular complexity index is 324. The van der Waals surface area contributed by atoms with Crippen LogP contribution in [0.25, 0.3) is 0 Å². The Labute approximate surface area is 90.1 Å². The van der Waals surface area contributed by atoms with Gasteiger partial charge in [-0.1, -0.05) is 28.1 Å². The first-order valence-corrected chi connectivity index (χ1v) is 5.08. The number of hydrogen-bond donors (Lipinski definition) is 0. The van der Waals surface area contributed by atoms with Crippen LogP contribution in [0.2, 0.25) is 0 Å². The molecule has 0 aromatic heterocycles. The van der Waals surface area contributed by atoms with Gasteiger partial charge >= 0.3 is 5.97 Å². The van der Waals surface area contributed by atoms with Gasteiger partial charge in [-0.3, -0.25) is 0 Å². The summed E-state index contributed by atoms with van der Waals surface area (Å²) in [6.07, 6.45) is -0.124. The van der Waals surface area contributed by atoms with Crippen molar-refractivity contribution in [3.8, 4) is 0 Å². The lowest BCUT2D eigenvalue weighted by Crippen LogP contribution is -2.26. The molecule has 0 N–H and O–H groups in total. The van der Waals surface area contributed by atoms with Crippen molar-refractivity contribution in [2.75, 3.05) is 13.2 Å². The van der Waals surface area contributed by atoms with Crippen LogP contribution in [0, 0.1) is 0 Å². The number of cyclic esters (lactones) is 1. The van der Waals surface area contributed by atoms with E-state index in [0.29, 0.717) is 6.61 Å². The Balaban J connectivity index is 2.08. The molecule has 2 rings (SSSR count). The average Bonchev–Trinajstić information content (AvgIpc) is 2.21. The van der Waals surface area contributed by atoms with Gasteiger partial charge in [0.1, 0.15) is 19.3 Å². The van der Waals surface area contributed by atoms with E-state index in [4.69, 9.17) is 9.47 Å². The maximum atomic E-state index is 10.7. The van der Waals surface area contributed by atoms with Crippen LogP contribution >= 0.6 is 15.9 Å². The number of carbonyl (C=O) groups excluding carboxylic acids is 1. The van der Waals surface area contributed by atoms with Crippen molar-refractivity contribution in [2.24, 2.45) is 0 Å². The van der Waals surface area contributed by atoms with Gasteiger partial charge in [-0.25, -0.2) is 4.79 Å². The van der Waals surface area contributed by atoms with Gasteiger partial charge < -0.3 is 9.47 Å². The second-order valence-electron chi connectivity index (χ2n) is 3.03. The molecule has 1 atom stereocenters. The Morgan fingerprint density at radius 1 is 1.29 bits per heavy atom. The molecule has 0 amide bonds. The van der Waals surface area contributed by atoms with E-state index >= 15 is 0 Å². The molecule has 0 spiro atoms. The van der Waals surface area contributed by atoms with Gasteiger partial charge in [0.15, 0.2) is 0 Å². The molecular formula is C10H9BrO3. The summed E-state index contributed by atoms with van der Waals surface area (Å²) in [7, 11) is 0. The van der Waals surface area contributed by atoms with Gasteiger partial charge in [0.25, 0.3) is 0 Å². The molecule has 1 aromatic carbocycles. The molecule has 1 aromatic rings. The molecule has 14 heavy (non-hydrogen) atoms. The minimum absolute atomic E-state index is 0.0424. The van der Waals surface area contributed by atoms with Gasteiger partial charge in [-0.15, -0.1) is 0 Å². The molecule has 1 saturated heterocycles. The second kappa shape index (κ2) is 4.11. The highest BCUT2D eigenvalue weighted by Gasteiger charge is 2.21. The van der Waals surface area contributed by atoms with Crippen LogP contribution in [0.3, 0.4) is 0 Å². The lowest BCUT2D eigenvalue weighted by atomic mass is 10.1. The molecular weight excluding hydrogens is 248 g/mol. The van der Waals surface area contributed by atoms with Gasteiger partial charge in [-0.2, -0.15) is 0 Å². The van der Waals surface area contributed by atoms with Crippen LogP contribution in [-0.4, -0.2) is 19.2 Å². The molecule has 1 aliphatic rings. The summed E-state index contributed by atoms with van der Waals surface area (Å²) in [5.41, 5.74) is 1.03. The van der Waals surface area contributed by atoms with E-state index in [-0.39, 0.29) is 18.7 Å². The van der Waals surface area contributed by atoms with E-state index in [9.17, 15) is 4.79 Å². The maximum Gasteiger partial charge on any atom is 0.332 e. The zero-order valence-electron chi connectivity index (χ0n) is 7.40. The molecule has 1 heterocycles. The molecule has 1 aliphatic heterocycles. The minimum atomic E-state index is -0.293. The molecule has 0 bridgehead atoms. The van der Waals surface area contributed by atoms with Crippen LogP contribution in [0.5, 0.6) is 0 Å². The van der Waals surface area contributed by atoms with E-state index < -0.39 is 0 Å². The smallest absolute Gasteiger partial charge is 0.332 e. The zero-order chi connectivity index (χ0) is 9.97. The fraction of sp³-hybridized carbons (Fsp3) is 0.300. The standard InChI is InChI=1S/C10H9BrO3/c11-8-3-1-7(2-4-8)9-5-14-10(12)6-13-9/h1-4,9H,5-6H2/t9-/m0/s1. The third-order valence-electron chi connectivity index (χ3n) is 2.04. The van der Waals surface area contributed by atoms with Crippen molar-refractivity contribution in [1.29, 1.82) is 0 Å². The minimum Gasteiger partial charge on any atom is -0.461 e. The van der Waals surface area contributed by atoms with E-state index in [2.05, 4.69) is 15.9 Å². The van der Waals surface area contributed by atoms with Crippen LogP contribution in [0.15, 0.2) is 28.7 Å². The summed E-state index contributed by atoms with van der Waals surface area (Å²) >= 11 is 3.35. The molecule has 3 nitrogen and oxygen atoms in total. The molecule has 0 radical (unpaired) electrons. The van der Waals surface area contributed by atoms with Gasteiger partial charge in [0.05, 0.1) is 0 Å². The maximum absolute atomic E-state index is 10.7. The SMILES string of the molecule is O=C1CO[C@H](c2ccc(Br)cc2)CO1. The summed E-state index contributed by atoms with van der Waals surface area (Å²) in [6, 6.07) is 7.78. The predicted octanol–water partition coefficient (Wildman–Crippen LogP) is 2.06. The number of rotatable bonds is 1. The fourth-order valence-corrected chi connectivity index (χ4v) is 1.56. The largest absolute Gasteiger partial charge is 0.461 e. The number of carbonyl (C=O) groups is 1. The number of hydrogen-bond acceptors (Lipinski definition) is 3. The van der Waals surface area contributed by atoms with E-state index in [1.165, 1.54) is 0 Å². The summed E-state index contributed by atoms with van der Waals surface area (Å²) < 4.78 is 11.2. The van der Waals surface area contributed by atoms with Crippen molar-refractivity contribution in [3.05, 3.63) is 34.3 Å². The molecule has 74 valence electrons. The third-order valence-corrected chi connectivity index (χ3v) is 2.57. The zero-order valence-corrected chi connectivity index (χ0v) is 8.99. The van der Waals surface area contributed by atoms with Crippen molar-refractivity contribution < 1.29 is 14.3 Å². The topological polar surface area (TPSA) is 35.5 Å². The predicted molar refractivity (Wildman–Crippen MR) is 53.8 cm³/mol. The van der Waals surface area contributed by atoms with Crippen LogP contribution in [0.1, 0.15) is 11.7 Å². The highest BCUT2D eigenvalue weighted by atomic mass is 79.9. The van der Waals surface area contributed by atoms with Crippen molar-refractivity contribution in [1.82, 2.24) is 0 Å². The third kappa shape index (κ3) is 2.13. The van der Waals surface area contributed by atoms with E-state index in [1.807, 2.05) is 24.3 Å². The van der Waals surface area contributed by atoms with E-state index in [1.54, 1.807) is 0 Å². The van der Waals surface area contributed by atoms with Crippen LogP contribution < -0.4 is 0 Å². The lowest BCUT2D eigenvalue weighted by Gasteiger charge is -2.22. The first-order chi connectivity index (χ1) is 6.75. The Morgan fingerprint density at radius 2 is 2.00 bits per heavy atom. The van der Waals surface area contributed by atoms with Gasteiger partial charge in [-0.05, 0) is 17.7 Å². The first-order valence-electron chi connectivity index (χ1n) is 4.28. The number of ether oxygens (including phenoxy) is 2. The number of esters is 1. The van der Waals surface area contributed by atoms with Gasteiger partial charge in [0, 0.05) is 4.47 Å². The number of halogens is 1. The summed E-state index contributed by atoms with van der Waals surface area (Å²) in [5.74, 6) is -0.293. The van der Waals surface area contributed by atoms with Crippen molar-refractivity contribution in [2.45, 2.75) is 6.10 Å². The lowest BCUT2D eigenvalue weighted by molar-refractivity contribution is -0.168. The molecule has 0 saturated carbocycles. The first kappa shape index (κ1) is 9.68. The second-order valence-corrected chi connectivity index (χ2v) is 3.95. The quantitative estimate of drug-likeness (QED) is 0.722. The van der Waals surface area contributed by atoms with Crippen LogP contribution in [0.4, 0.5) is 0 Å². The van der Waals surface area contributed by atoms with Crippen molar-refractivity contribution >= 4 is 21.9 Å². The Hall–Kier alpha value is -0.870. The van der Waals surface area contributed by atoms with Crippen LogP contribution in [-0.2, 0) is 14.3 Å². The summed E-state index contributed by atoms with van der Waals surface area (Å²) in [5, 5.41) is 0. The highest BCUT2D eigenvalue weighted by molar-refractivity contribution is 9.10. The normalized spacial score (nSPS) is 21.8. The molecule has 1 fully saturated rings. The molecule has 0 aliphatic carbocycles. The molecule has 0 unspecified atom stereocenters. The molecule has 4 heteroatoms. The monoisotopic (exact) mass is 256 g/mol. The summed E-state index contributed by atoms with van der Waals surface area (Å²) in [4.78, 5) is 10.7. The van der Waals surface area contributed by atoms with E-state index in [0.717, 1.165) is 10.0 Å². The number of benzene rings is 1. The van der Waals surface area contributed by atoms with Gasteiger partial charge in [0.2, 0.25) is 0 Å². The average molecular weight is 257 g/mol. The fourth-order valence-electron chi connectivity index (χ4n) is 1.30.